The number of ketones is 1. The van der Waals surface area contributed by atoms with Gasteiger partial charge in [-0.05, 0) is 43.0 Å². The molecular formula is C29H26N2O3. The number of aliphatic hydroxyl groups is 1. The fraction of sp³-hybridized carbons (Fsp3) is 0.172. The first-order valence-electron chi connectivity index (χ1n) is 11.4. The van der Waals surface area contributed by atoms with Crippen molar-refractivity contribution in [1.82, 2.24) is 9.88 Å². The van der Waals surface area contributed by atoms with E-state index in [4.69, 9.17) is 0 Å². The predicted molar refractivity (Wildman–Crippen MR) is 133 cm³/mol. The molecule has 4 aromatic rings. The molecule has 170 valence electrons. The van der Waals surface area contributed by atoms with Gasteiger partial charge in [-0.25, -0.2) is 0 Å². The first-order valence-corrected chi connectivity index (χ1v) is 11.4. The summed E-state index contributed by atoms with van der Waals surface area (Å²) in [5.41, 5.74) is 5.45. The molecule has 0 saturated carbocycles. The first kappa shape index (κ1) is 21.7. The van der Waals surface area contributed by atoms with Gasteiger partial charge in [-0.3, -0.25) is 9.59 Å². The number of hydrogen-bond donors (Lipinski definition) is 2. The van der Waals surface area contributed by atoms with Crippen LogP contribution in [0.15, 0.2) is 90.3 Å². The highest BCUT2D eigenvalue weighted by molar-refractivity contribution is 6.16. The van der Waals surface area contributed by atoms with Crippen molar-refractivity contribution in [3.63, 3.8) is 0 Å². The number of benzene rings is 3. The summed E-state index contributed by atoms with van der Waals surface area (Å²) in [5, 5.41) is 12.0. The molecule has 1 aliphatic heterocycles. The van der Waals surface area contributed by atoms with Crippen LogP contribution in [0.2, 0.25) is 0 Å². The van der Waals surface area contributed by atoms with E-state index in [9.17, 15) is 14.7 Å². The second kappa shape index (κ2) is 8.67. The van der Waals surface area contributed by atoms with Gasteiger partial charge in [0.2, 0.25) is 0 Å². The van der Waals surface area contributed by atoms with E-state index in [0.717, 1.165) is 33.2 Å². The molecule has 1 unspecified atom stereocenters. The van der Waals surface area contributed by atoms with E-state index in [1.807, 2.05) is 80.7 Å². The summed E-state index contributed by atoms with van der Waals surface area (Å²) in [5.74, 6) is -1.29. The number of nitrogens with zero attached hydrogens (tertiary/aromatic N) is 1. The minimum Gasteiger partial charge on any atom is -0.503 e. The zero-order chi connectivity index (χ0) is 23.8. The molecular weight excluding hydrogens is 424 g/mol. The minimum absolute atomic E-state index is 0.141. The third-order valence-electron chi connectivity index (χ3n) is 6.63. The van der Waals surface area contributed by atoms with Gasteiger partial charge in [0, 0.05) is 29.2 Å². The molecule has 34 heavy (non-hydrogen) atoms. The summed E-state index contributed by atoms with van der Waals surface area (Å²) in [4.78, 5) is 31.8. The molecule has 2 N–H and O–H groups in total. The van der Waals surface area contributed by atoms with E-state index in [2.05, 4.69) is 4.98 Å². The quantitative estimate of drug-likeness (QED) is 0.375. The largest absolute Gasteiger partial charge is 0.503 e. The van der Waals surface area contributed by atoms with Gasteiger partial charge in [0.15, 0.2) is 11.5 Å². The highest BCUT2D eigenvalue weighted by Crippen LogP contribution is 2.39. The number of Topliss-reactive ketones (excluding diaryl/α,β-unsaturated/α-hetero) is 1. The van der Waals surface area contributed by atoms with Gasteiger partial charge in [0.05, 0.1) is 11.6 Å². The number of carbonyl (C=O) groups is 2. The van der Waals surface area contributed by atoms with Crippen molar-refractivity contribution in [1.29, 1.82) is 0 Å². The van der Waals surface area contributed by atoms with Crippen LogP contribution in [0, 0.1) is 13.8 Å². The molecule has 0 aliphatic carbocycles. The van der Waals surface area contributed by atoms with Crippen LogP contribution in [-0.2, 0) is 11.2 Å². The number of aromatic amines is 1. The number of nitrogens with one attached hydrogen (secondary N) is 1. The maximum Gasteiger partial charge on any atom is 0.290 e. The Labute approximate surface area is 198 Å². The molecule has 0 bridgehead atoms. The lowest BCUT2D eigenvalue weighted by atomic mass is 9.90. The lowest BCUT2D eigenvalue weighted by Crippen LogP contribution is -2.33. The van der Waals surface area contributed by atoms with E-state index < -0.39 is 17.7 Å². The highest BCUT2D eigenvalue weighted by atomic mass is 16.3. The molecule has 1 amide bonds. The van der Waals surface area contributed by atoms with Crippen LogP contribution in [0.25, 0.3) is 10.9 Å². The van der Waals surface area contributed by atoms with Crippen LogP contribution in [0.4, 0.5) is 0 Å². The summed E-state index contributed by atoms with van der Waals surface area (Å²) >= 11 is 0. The molecule has 1 aliphatic rings. The monoisotopic (exact) mass is 450 g/mol. The lowest BCUT2D eigenvalue weighted by molar-refractivity contribution is -0.129. The van der Waals surface area contributed by atoms with Gasteiger partial charge in [-0.15, -0.1) is 0 Å². The van der Waals surface area contributed by atoms with Crippen molar-refractivity contribution in [3.8, 4) is 0 Å². The Morgan fingerprint density at radius 3 is 2.44 bits per heavy atom. The molecule has 5 rings (SSSR count). The Balaban J connectivity index is 1.53. The Hall–Kier alpha value is -4.12. The van der Waals surface area contributed by atoms with E-state index in [1.165, 1.54) is 0 Å². The molecule has 0 fully saturated rings. The van der Waals surface area contributed by atoms with Gasteiger partial charge in [0.25, 0.3) is 5.91 Å². The van der Waals surface area contributed by atoms with Gasteiger partial charge in [-0.2, -0.15) is 0 Å². The number of amides is 1. The minimum atomic E-state index is -0.648. The summed E-state index contributed by atoms with van der Waals surface area (Å²) in [7, 11) is 0. The van der Waals surface area contributed by atoms with Gasteiger partial charge in [0.1, 0.15) is 0 Å². The zero-order valence-corrected chi connectivity index (χ0v) is 19.2. The summed E-state index contributed by atoms with van der Waals surface area (Å²) < 4.78 is 0. The summed E-state index contributed by atoms with van der Waals surface area (Å²) in [6, 6.07) is 22.4. The molecule has 0 radical (unpaired) electrons. The Morgan fingerprint density at radius 2 is 1.68 bits per heavy atom. The van der Waals surface area contributed by atoms with Crippen molar-refractivity contribution in [2.24, 2.45) is 0 Å². The maximum absolute atomic E-state index is 13.6. The van der Waals surface area contributed by atoms with Gasteiger partial charge < -0.3 is 15.0 Å². The number of aliphatic hydroxyl groups excluding tert-OH is 1. The van der Waals surface area contributed by atoms with Crippen LogP contribution < -0.4 is 0 Å². The van der Waals surface area contributed by atoms with Crippen LogP contribution in [0.5, 0.6) is 0 Å². The van der Waals surface area contributed by atoms with Crippen molar-refractivity contribution in [2.75, 3.05) is 6.54 Å². The Bertz CT molecular complexity index is 1430. The third-order valence-corrected chi connectivity index (χ3v) is 6.63. The van der Waals surface area contributed by atoms with Crippen molar-refractivity contribution in [3.05, 3.63) is 118 Å². The normalized spacial score (nSPS) is 16.0. The molecule has 5 heteroatoms. The number of fused-ring (bicyclic) bond motifs is 1. The molecule has 2 heterocycles. The van der Waals surface area contributed by atoms with E-state index in [-0.39, 0.29) is 11.4 Å². The highest BCUT2D eigenvalue weighted by Gasteiger charge is 2.43. The maximum atomic E-state index is 13.6. The van der Waals surface area contributed by atoms with E-state index in [1.54, 1.807) is 17.0 Å². The SMILES string of the molecule is Cc1ccc(C2C(C(=O)c3ccccc3C)=C(O)C(=O)N2CCc2c[nH]c3ccccc23)cc1. The van der Waals surface area contributed by atoms with Crippen LogP contribution in [0.1, 0.15) is 38.7 Å². The second-order valence-electron chi connectivity index (χ2n) is 8.83. The molecule has 5 nitrogen and oxygen atoms in total. The van der Waals surface area contributed by atoms with E-state index in [0.29, 0.717) is 18.5 Å². The number of para-hydroxylation sites is 1. The predicted octanol–water partition coefficient (Wildman–Crippen LogP) is 5.61. The fourth-order valence-electron chi connectivity index (χ4n) is 4.76. The number of H-pyrrole nitrogens is 1. The molecule has 1 aromatic heterocycles. The number of carbonyl (C=O) groups excluding carboxylic acids is 2. The smallest absolute Gasteiger partial charge is 0.290 e. The Morgan fingerprint density at radius 1 is 0.971 bits per heavy atom. The zero-order valence-electron chi connectivity index (χ0n) is 19.2. The van der Waals surface area contributed by atoms with Gasteiger partial charge in [-0.1, -0.05) is 72.3 Å². The molecule has 0 saturated heterocycles. The van der Waals surface area contributed by atoms with Crippen molar-refractivity contribution >= 4 is 22.6 Å². The van der Waals surface area contributed by atoms with Gasteiger partial charge >= 0.3 is 0 Å². The standard InChI is InChI=1S/C29H26N2O3/c1-18-11-13-20(14-12-18)26-25(27(32)22-8-4-3-7-19(22)2)28(33)29(34)31(26)16-15-21-17-30-24-10-6-5-9-23(21)24/h3-14,17,26,30,33H,15-16H2,1-2H3. The number of aromatic nitrogens is 1. The molecule has 3 aromatic carbocycles. The Kier molecular flexibility index (Phi) is 5.54. The van der Waals surface area contributed by atoms with E-state index >= 15 is 0 Å². The first-order chi connectivity index (χ1) is 16.5. The fourth-order valence-corrected chi connectivity index (χ4v) is 4.76. The summed E-state index contributed by atoms with van der Waals surface area (Å²) in [6.45, 7) is 4.22. The molecule has 0 spiro atoms. The second-order valence-corrected chi connectivity index (χ2v) is 8.83. The average molecular weight is 451 g/mol. The van der Waals surface area contributed by atoms with Crippen LogP contribution in [-0.4, -0.2) is 33.2 Å². The summed E-state index contributed by atoms with van der Waals surface area (Å²) in [6.07, 6.45) is 2.55. The van der Waals surface area contributed by atoms with Crippen LogP contribution in [0.3, 0.4) is 0 Å². The lowest BCUT2D eigenvalue weighted by Gasteiger charge is -2.27. The van der Waals surface area contributed by atoms with Crippen molar-refractivity contribution < 1.29 is 14.7 Å². The number of aryl methyl sites for hydroxylation is 2. The number of rotatable bonds is 6. The topological polar surface area (TPSA) is 73.4 Å². The van der Waals surface area contributed by atoms with Crippen LogP contribution >= 0.6 is 0 Å². The number of hydrogen-bond acceptors (Lipinski definition) is 3. The third kappa shape index (κ3) is 3.69. The van der Waals surface area contributed by atoms with Crippen molar-refractivity contribution in [2.45, 2.75) is 26.3 Å². The molecule has 1 atom stereocenters. The average Bonchev–Trinajstić information content (AvgIpc) is 3.37.